The van der Waals surface area contributed by atoms with Gasteiger partial charge in [0.25, 0.3) is 0 Å². The standard InChI is InChI=1S/C15H21NO3S/c1-19-13-3-5-14(6-4-13)20-11-10-16-9-8-12(17)2-7-15(16)18/h3-6,12,17H,2,7-11H2,1H3. The number of amides is 1. The third-order valence-electron chi connectivity index (χ3n) is 3.47. The van der Waals surface area contributed by atoms with E-state index in [1.807, 2.05) is 29.2 Å². The van der Waals surface area contributed by atoms with Gasteiger partial charge in [0.1, 0.15) is 5.75 Å². The Kier molecular flexibility index (Phi) is 5.73. The maximum Gasteiger partial charge on any atom is 0.222 e. The molecular formula is C15H21NO3S. The Balaban J connectivity index is 1.78. The summed E-state index contributed by atoms with van der Waals surface area (Å²) in [4.78, 5) is 14.9. The van der Waals surface area contributed by atoms with Gasteiger partial charge in [-0.3, -0.25) is 4.79 Å². The maximum absolute atomic E-state index is 11.9. The summed E-state index contributed by atoms with van der Waals surface area (Å²) in [7, 11) is 1.65. The number of thioether (sulfide) groups is 1. The quantitative estimate of drug-likeness (QED) is 0.846. The highest BCUT2D eigenvalue weighted by molar-refractivity contribution is 7.99. The average Bonchev–Trinajstić information content (AvgIpc) is 2.63. The molecule has 4 nitrogen and oxygen atoms in total. The molecule has 1 unspecified atom stereocenters. The molecule has 0 bridgehead atoms. The van der Waals surface area contributed by atoms with Crippen LogP contribution in [0, 0.1) is 0 Å². The van der Waals surface area contributed by atoms with E-state index in [1.165, 1.54) is 4.90 Å². The van der Waals surface area contributed by atoms with Crippen LogP contribution in [-0.4, -0.2) is 48.0 Å². The fourth-order valence-electron chi connectivity index (χ4n) is 2.20. The summed E-state index contributed by atoms with van der Waals surface area (Å²) in [5.41, 5.74) is 0. The second-order valence-electron chi connectivity index (χ2n) is 4.89. The van der Waals surface area contributed by atoms with Gasteiger partial charge in [0.15, 0.2) is 0 Å². The third-order valence-corrected chi connectivity index (χ3v) is 4.46. The lowest BCUT2D eigenvalue weighted by atomic mass is 10.2. The molecule has 1 heterocycles. The number of nitrogens with zero attached hydrogens (tertiary/aromatic N) is 1. The van der Waals surface area contributed by atoms with Crippen molar-refractivity contribution in [2.75, 3.05) is 26.0 Å². The summed E-state index contributed by atoms with van der Waals surface area (Å²) < 4.78 is 5.12. The number of methoxy groups -OCH3 is 1. The SMILES string of the molecule is COc1ccc(SCCN2CCC(O)CCC2=O)cc1. The van der Waals surface area contributed by atoms with Gasteiger partial charge in [-0.2, -0.15) is 0 Å². The van der Waals surface area contributed by atoms with Gasteiger partial charge in [-0.05, 0) is 37.1 Å². The molecule has 1 fully saturated rings. The van der Waals surface area contributed by atoms with Crippen molar-refractivity contribution in [3.05, 3.63) is 24.3 Å². The fourth-order valence-corrected chi connectivity index (χ4v) is 3.08. The van der Waals surface area contributed by atoms with Crippen LogP contribution in [0.5, 0.6) is 5.75 Å². The topological polar surface area (TPSA) is 49.8 Å². The molecule has 110 valence electrons. The van der Waals surface area contributed by atoms with Crippen LogP contribution < -0.4 is 4.74 Å². The van der Waals surface area contributed by atoms with E-state index < -0.39 is 0 Å². The second-order valence-corrected chi connectivity index (χ2v) is 6.05. The van der Waals surface area contributed by atoms with Crippen molar-refractivity contribution < 1.29 is 14.6 Å². The van der Waals surface area contributed by atoms with E-state index in [9.17, 15) is 9.90 Å². The predicted molar refractivity (Wildman–Crippen MR) is 80.2 cm³/mol. The molecule has 0 aromatic heterocycles. The Bertz CT molecular complexity index is 435. The van der Waals surface area contributed by atoms with Crippen LogP contribution in [0.4, 0.5) is 0 Å². The first kappa shape index (κ1) is 15.2. The Labute approximate surface area is 124 Å². The van der Waals surface area contributed by atoms with E-state index >= 15 is 0 Å². The van der Waals surface area contributed by atoms with E-state index in [-0.39, 0.29) is 12.0 Å². The maximum atomic E-state index is 11.9. The molecule has 1 amide bonds. The summed E-state index contributed by atoms with van der Waals surface area (Å²) in [5.74, 6) is 1.89. The van der Waals surface area contributed by atoms with Crippen molar-refractivity contribution in [1.82, 2.24) is 4.90 Å². The van der Waals surface area contributed by atoms with Crippen molar-refractivity contribution in [3.8, 4) is 5.75 Å². The lowest BCUT2D eigenvalue weighted by Gasteiger charge is -2.20. The van der Waals surface area contributed by atoms with E-state index in [0.717, 1.165) is 18.0 Å². The molecule has 1 aliphatic heterocycles. The molecule has 2 rings (SSSR count). The number of carbonyl (C=O) groups is 1. The molecule has 1 aromatic rings. The van der Waals surface area contributed by atoms with Crippen molar-refractivity contribution >= 4 is 17.7 Å². The molecule has 1 atom stereocenters. The summed E-state index contributed by atoms with van der Waals surface area (Å²) >= 11 is 1.73. The Morgan fingerprint density at radius 2 is 2.10 bits per heavy atom. The van der Waals surface area contributed by atoms with Crippen molar-refractivity contribution in [3.63, 3.8) is 0 Å². The predicted octanol–water partition coefficient (Wildman–Crippen LogP) is 2.16. The Morgan fingerprint density at radius 3 is 2.80 bits per heavy atom. The van der Waals surface area contributed by atoms with Crippen LogP contribution >= 0.6 is 11.8 Å². The molecule has 1 aromatic carbocycles. The Hall–Kier alpha value is -1.20. The summed E-state index contributed by atoms with van der Waals surface area (Å²) in [6, 6.07) is 7.93. The normalized spacial score (nSPS) is 19.8. The van der Waals surface area contributed by atoms with E-state index in [1.54, 1.807) is 18.9 Å². The summed E-state index contributed by atoms with van der Waals surface area (Å²) in [6.45, 7) is 1.41. The molecule has 1 N–H and O–H groups in total. The first-order chi connectivity index (χ1) is 9.69. The molecule has 20 heavy (non-hydrogen) atoms. The van der Waals surface area contributed by atoms with Crippen molar-refractivity contribution in [2.45, 2.75) is 30.3 Å². The number of aliphatic hydroxyl groups is 1. The van der Waals surface area contributed by atoms with Gasteiger partial charge < -0.3 is 14.7 Å². The average molecular weight is 295 g/mol. The van der Waals surface area contributed by atoms with Crippen LogP contribution in [0.15, 0.2) is 29.2 Å². The molecule has 0 radical (unpaired) electrons. The van der Waals surface area contributed by atoms with Crippen molar-refractivity contribution in [1.29, 1.82) is 0 Å². The van der Waals surface area contributed by atoms with Crippen LogP contribution in [0.25, 0.3) is 0 Å². The largest absolute Gasteiger partial charge is 0.497 e. The van der Waals surface area contributed by atoms with E-state index in [2.05, 4.69) is 0 Å². The van der Waals surface area contributed by atoms with Gasteiger partial charge in [0.2, 0.25) is 5.91 Å². The van der Waals surface area contributed by atoms with Crippen molar-refractivity contribution in [2.24, 2.45) is 0 Å². The number of hydrogen-bond acceptors (Lipinski definition) is 4. The van der Waals surface area contributed by atoms with Gasteiger partial charge >= 0.3 is 0 Å². The number of hydrogen-bond donors (Lipinski definition) is 1. The molecule has 1 saturated heterocycles. The lowest BCUT2D eigenvalue weighted by Crippen LogP contribution is -2.32. The third kappa shape index (κ3) is 4.42. The van der Waals surface area contributed by atoms with Crippen LogP contribution in [0.3, 0.4) is 0 Å². The lowest BCUT2D eigenvalue weighted by molar-refractivity contribution is -0.130. The molecular weight excluding hydrogens is 274 g/mol. The van der Waals surface area contributed by atoms with E-state index in [0.29, 0.717) is 25.8 Å². The minimum Gasteiger partial charge on any atom is -0.497 e. The number of likely N-dealkylation sites (tertiary alicyclic amines) is 1. The monoisotopic (exact) mass is 295 g/mol. The molecule has 0 saturated carbocycles. The fraction of sp³-hybridized carbons (Fsp3) is 0.533. The number of benzene rings is 1. The van der Waals surface area contributed by atoms with E-state index in [4.69, 9.17) is 4.74 Å². The summed E-state index contributed by atoms with van der Waals surface area (Å²) in [5, 5.41) is 9.58. The van der Waals surface area contributed by atoms with Gasteiger partial charge in [-0.25, -0.2) is 0 Å². The van der Waals surface area contributed by atoms with Gasteiger partial charge in [0, 0.05) is 30.2 Å². The van der Waals surface area contributed by atoms with Crippen LogP contribution in [-0.2, 0) is 4.79 Å². The number of ether oxygens (including phenoxy) is 1. The smallest absolute Gasteiger partial charge is 0.222 e. The molecule has 5 heteroatoms. The number of aliphatic hydroxyl groups excluding tert-OH is 1. The first-order valence-corrected chi connectivity index (χ1v) is 7.90. The highest BCUT2D eigenvalue weighted by Gasteiger charge is 2.20. The van der Waals surface area contributed by atoms with Gasteiger partial charge in [-0.1, -0.05) is 0 Å². The number of rotatable bonds is 5. The zero-order valence-corrected chi connectivity index (χ0v) is 12.6. The Morgan fingerprint density at radius 1 is 1.35 bits per heavy atom. The molecule has 1 aliphatic rings. The zero-order chi connectivity index (χ0) is 14.4. The van der Waals surface area contributed by atoms with Gasteiger partial charge in [-0.15, -0.1) is 11.8 Å². The highest BCUT2D eigenvalue weighted by atomic mass is 32.2. The highest BCUT2D eigenvalue weighted by Crippen LogP contribution is 2.22. The van der Waals surface area contributed by atoms with Crippen LogP contribution in [0.1, 0.15) is 19.3 Å². The molecule has 0 spiro atoms. The minimum absolute atomic E-state index is 0.164. The molecule has 0 aliphatic carbocycles. The summed E-state index contributed by atoms with van der Waals surface area (Å²) in [6.07, 6.45) is 1.44. The minimum atomic E-state index is -0.321. The first-order valence-electron chi connectivity index (χ1n) is 6.91. The van der Waals surface area contributed by atoms with Crippen LogP contribution in [0.2, 0.25) is 0 Å². The van der Waals surface area contributed by atoms with Gasteiger partial charge in [0.05, 0.1) is 13.2 Å². The zero-order valence-electron chi connectivity index (χ0n) is 11.7. The second kappa shape index (κ2) is 7.55. The number of carbonyl (C=O) groups excluding carboxylic acids is 1.